The maximum Gasteiger partial charge on any atom is 0.253 e. The largest absolute Gasteiger partial charge is 0.497 e. The van der Waals surface area contributed by atoms with Gasteiger partial charge in [0.25, 0.3) is 5.91 Å². The van der Waals surface area contributed by atoms with E-state index in [-0.39, 0.29) is 5.91 Å². The Kier molecular flexibility index (Phi) is 6.68. The van der Waals surface area contributed by atoms with Gasteiger partial charge in [0.1, 0.15) is 38.8 Å². The van der Waals surface area contributed by atoms with Crippen molar-refractivity contribution in [1.82, 2.24) is 29.5 Å². The third-order valence-corrected chi connectivity index (χ3v) is 9.93. The lowest BCUT2D eigenvalue weighted by atomic mass is 10.1. The van der Waals surface area contributed by atoms with Crippen LogP contribution in [-0.2, 0) is 6.61 Å². The molecule has 9 nitrogen and oxygen atoms in total. The number of methoxy groups -OCH3 is 1. The van der Waals surface area contributed by atoms with Crippen LogP contribution in [0.15, 0.2) is 48.0 Å². The number of hydrogen-bond donors (Lipinski definition) is 0. The lowest BCUT2D eigenvalue weighted by molar-refractivity contribution is 0.0788. The number of hydrogen-bond acceptors (Lipinski definition) is 10. The quantitative estimate of drug-likeness (QED) is 0.204. The molecule has 12 heteroatoms. The van der Waals surface area contributed by atoms with Crippen LogP contribution in [0.4, 0.5) is 0 Å². The molecule has 6 aromatic rings. The van der Waals surface area contributed by atoms with Gasteiger partial charge in [0, 0.05) is 41.7 Å². The summed E-state index contributed by atoms with van der Waals surface area (Å²) < 4.78 is 14.5. The van der Waals surface area contributed by atoms with Crippen LogP contribution in [-0.4, -0.2) is 55.6 Å². The molecule has 5 heterocycles. The number of nitrogens with zero attached hydrogens (tertiary/aromatic N) is 6. The van der Waals surface area contributed by atoms with Gasteiger partial charge < -0.3 is 14.4 Å². The molecule has 0 aliphatic carbocycles. The molecule has 0 spiro atoms. The van der Waals surface area contributed by atoms with E-state index < -0.39 is 0 Å². The molecule has 0 bridgehead atoms. The van der Waals surface area contributed by atoms with Gasteiger partial charge in [-0.3, -0.25) is 4.79 Å². The van der Waals surface area contributed by atoms with Crippen molar-refractivity contribution in [2.24, 2.45) is 5.92 Å². The van der Waals surface area contributed by atoms with E-state index in [9.17, 15) is 4.79 Å². The van der Waals surface area contributed by atoms with E-state index in [1.165, 1.54) is 11.3 Å². The highest BCUT2D eigenvalue weighted by Gasteiger charge is 2.24. The van der Waals surface area contributed by atoms with E-state index in [1.54, 1.807) is 34.3 Å². The lowest BCUT2D eigenvalue weighted by Crippen LogP contribution is -2.28. The van der Waals surface area contributed by atoms with Crippen LogP contribution in [0.3, 0.4) is 0 Å². The van der Waals surface area contributed by atoms with Crippen molar-refractivity contribution < 1.29 is 14.3 Å². The van der Waals surface area contributed by atoms with Crippen molar-refractivity contribution in [1.29, 1.82) is 0 Å². The molecule has 1 saturated heterocycles. The number of likely N-dealkylation sites (tertiary alicyclic amines) is 1. The van der Waals surface area contributed by atoms with Gasteiger partial charge in [-0.05, 0) is 31.4 Å². The molecule has 1 aliphatic rings. The van der Waals surface area contributed by atoms with E-state index >= 15 is 0 Å². The first-order valence-electron chi connectivity index (χ1n) is 13.2. The predicted octanol–water partition coefficient (Wildman–Crippen LogP) is 6.57. The molecule has 1 amide bonds. The molecule has 1 fully saturated rings. The molecule has 0 saturated carbocycles. The van der Waals surface area contributed by atoms with Crippen molar-refractivity contribution >= 4 is 55.1 Å². The average molecular weight is 603 g/mol. The highest BCUT2D eigenvalue weighted by Crippen LogP contribution is 2.39. The van der Waals surface area contributed by atoms with E-state index in [2.05, 4.69) is 12.0 Å². The molecule has 0 radical (unpaired) electrons. The number of imidazole rings is 1. The van der Waals surface area contributed by atoms with E-state index in [4.69, 9.17) is 24.4 Å². The van der Waals surface area contributed by atoms with Gasteiger partial charge in [-0.1, -0.05) is 30.4 Å². The number of ether oxygens (including phenoxy) is 2. The number of rotatable bonds is 7. The highest BCUT2D eigenvalue weighted by atomic mass is 32.1. The van der Waals surface area contributed by atoms with Gasteiger partial charge in [-0.15, -0.1) is 22.7 Å². The Bertz CT molecular complexity index is 1860. The molecule has 0 N–H and O–H groups in total. The van der Waals surface area contributed by atoms with Crippen LogP contribution in [0, 0.1) is 12.8 Å². The average Bonchev–Trinajstić information content (AvgIpc) is 3.80. The second-order valence-corrected chi connectivity index (χ2v) is 13.1. The smallest absolute Gasteiger partial charge is 0.253 e. The van der Waals surface area contributed by atoms with Gasteiger partial charge in [-0.2, -0.15) is 5.10 Å². The van der Waals surface area contributed by atoms with Crippen molar-refractivity contribution in [3.63, 3.8) is 0 Å². The van der Waals surface area contributed by atoms with Crippen LogP contribution in [0.5, 0.6) is 11.5 Å². The standard InChI is InChI=1S/C29H26N6O3S3/c1-16-8-9-34(12-16)28(36)19-6-4-18(5-7-19)26-30-20(15-39-26)14-38-24-11-21(37-3)10-22-25(24)41-27(31-22)23-13-35-29(32-23)40-17(2)33-35/h4-7,10-11,13,15-16H,8-9,12,14H2,1-3H3/t16-/m0/s1. The highest BCUT2D eigenvalue weighted by molar-refractivity contribution is 7.22. The van der Waals surface area contributed by atoms with E-state index in [1.807, 2.05) is 59.8 Å². The molecule has 208 valence electrons. The number of carbonyl (C=O) groups is 1. The summed E-state index contributed by atoms with van der Waals surface area (Å²) in [6, 6.07) is 11.5. The monoisotopic (exact) mass is 602 g/mol. The zero-order chi connectivity index (χ0) is 28.1. The number of carbonyl (C=O) groups excluding carboxylic acids is 1. The van der Waals surface area contributed by atoms with Crippen LogP contribution in [0.25, 0.3) is 36.5 Å². The van der Waals surface area contributed by atoms with Crippen LogP contribution < -0.4 is 9.47 Å². The fraction of sp³-hybridized carbons (Fsp3) is 0.276. The minimum atomic E-state index is 0.101. The third kappa shape index (κ3) is 5.07. The van der Waals surface area contributed by atoms with Crippen LogP contribution in [0.2, 0.25) is 0 Å². The summed E-state index contributed by atoms with van der Waals surface area (Å²) in [5.41, 5.74) is 4.09. The van der Waals surface area contributed by atoms with E-state index in [0.29, 0.717) is 24.0 Å². The predicted molar refractivity (Wildman–Crippen MR) is 162 cm³/mol. The maximum atomic E-state index is 12.8. The Morgan fingerprint density at radius 2 is 1.95 bits per heavy atom. The summed E-state index contributed by atoms with van der Waals surface area (Å²) in [6.45, 7) is 6.12. The molecule has 0 unspecified atom stereocenters. The number of amides is 1. The summed E-state index contributed by atoms with van der Waals surface area (Å²) in [7, 11) is 1.63. The molecule has 1 aliphatic heterocycles. The van der Waals surface area contributed by atoms with E-state index in [0.717, 1.165) is 72.2 Å². The minimum Gasteiger partial charge on any atom is -0.497 e. The molecule has 7 rings (SSSR count). The normalized spacial score (nSPS) is 15.3. The Morgan fingerprint density at radius 1 is 1.10 bits per heavy atom. The Balaban J connectivity index is 1.08. The van der Waals surface area contributed by atoms with Crippen LogP contribution in [0.1, 0.15) is 34.4 Å². The number of benzene rings is 2. The summed E-state index contributed by atoms with van der Waals surface area (Å²) in [6.07, 6.45) is 2.97. The van der Waals surface area contributed by atoms with Gasteiger partial charge in [0.15, 0.2) is 0 Å². The Hall–Kier alpha value is -3.87. The van der Waals surface area contributed by atoms with Gasteiger partial charge in [0.2, 0.25) is 4.96 Å². The fourth-order valence-electron chi connectivity index (χ4n) is 4.93. The number of fused-ring (bicyclic) bond motifs is 2. The zero-order valence-electron chi connectivity index (χ0n) is 22.7. The molecule has 4 aromatic heterocycles. The first-order valence-corrected chi connectivity index (χ1v) is 15.7. The number of aromatic nitrogens is 5. The van der Waals surface area contributed by atoms with Crippen molar-refractivity contribution in [2.75, 3.05) is 20.2 Å². The summed E-state index contributed by atoms with van der Waals surface area (Å²) in [5, 5.41) is 9.11. The second-order valence-electron chi connectivity index (χ2n) is 10.1. The topological polar surface area (TPSA) is 94.7 Å². The summed E-state index contributed by atoms with van der Waals surface area (Å²) in [4.78, 5) is 29.9. The number of aryl methyl sites for hydroxylation is 1. The summed E-state index contributed by atoms with van der Waals surface area (Å²) in [5.74, 6) is 2.03. The minimum absolute atomic E-state index is 0.101. The fourth-order valence-corrected chi connectivity index (χ4v) is 7.43. The first kappa shape index (κ1) is 26.1. The van der Waals surface area contributed by atoms with Crippen LogP contribution >= 0.6 is 34.0 Å². The lowest BCUT2D eigenvalue weighted by Gasteiger charge is -2.15. The molecule has 1 atom stereocenters. The van der Waals surface area contributed by atoms with Gasteiger partial charge >= 0.3 is 0 Å². The Morgan fingerprint density at radius 3 is 2.71 bits per heavy atom. The SMILES string of the molecule is COc1cc(OCc2csc(-c3ccc(C(=O)N4CC[C@H](C)C4)cc3)n2)c2sc(-c3cn4nc(C)sc4n3)nc2c1. The maximum absolute atomic E-state index is 12.8. The third-order valence-electron chi connectivity index (χ3n) is 7.05. The van der Waals surface area contributed by atoms with Crippen molar-refractivity contribution in [2.45, 2.75) is 26.9 Å². The molecule has 2 aromatic carbocycles. The van der Waals surface area contributed by atoms with Gasteiger partial charge in [0.05, 0.1) is 29.2 Å². The Labute approximate surface area is 248 Å². The number of thiazole rings is 2. The molecular formula is C29H26N6O3S3. The van der Waals surface area contributed by atoms with Gasteiger partial charge in [-0.25, -0.2) is 19.5 Å². The second kappa shape index (κ2) is 10.5. The first-order chi connectivity index (χ1) is 19.9. The van der Waals surface area contributed by atoms with Crippen molar-refractivity contribution in [3.8, 4) is 32.8 Å². The summed E-state index contributed by atoms with van der Waals surface area (Å²) >= 11 is 4.63. The van der Waals surface area contributed by atoms with Crippen molar-refractivity contribution in [3.05, 3.63) is 64.2 Å². The molecule has 41 heavy (non-hydrogen) atoms. The zero-order valence-corrected chi connectivity index (χ0v) is 25.1. The molecular weight excluding hydrogens is 577 g/mol.